The molecule has 0 N–H and O–H groups in total. The van der Waals surface area contributed by atoms with Crippen molar-refractivity contribution in [3.8, 4) is 0 Å². The molecule has 0 bridgehead atoms. The summed E-state index contributed by atoms with van der Waals surface area (Å²) in [6, 6.07) is 15.5. The molecule has 2 heterocycles. The first kappa shape index (κ1) is 22.2. The number of imidazole rings is 1. The second-order valence-corrected chi connectivity index (χ2v) is 8.47. The van der Waals surface area contributed by atoms with Crippen LogP contribution in [0, 0.1) is 16.0 Å². The molecule has 0 aliphatic heterocycles. The van der Waals surface area contributed by atoms with Crippen LogP contribution in [0.15, 0.2) is 70.5 Å². The fraction of sp³-hybridized carbons (Fsp3) is 0.292. The Bertz CT molecular complexity index is 1420. The summed E-state index contributed by atoms with van der Waals surface area (Å²) in [6.45, 7) is 4.99. The highest BCUT2D eigenvalue weighted by Crippen LogP contribution is 2.15. The molecule has 0 unspecified atom stereocenters. The third-order valence-corrected chi connectivity index (χ3v) is 5.58. The van der Waals surface area contributed by atoms with Gasteiger partial charge in [-0.15, -0.1) is 0 Å². The Morgan fingerprint density at radius 1 is 0.970 bits per heavy atom. The average Bonchev–Trinajstić information content (AvgIpc) is 3.23. The van der Waals surface area contributed by atoms with E-state index >= 15 is 0 Å². The first-order chi connectivity index (χ1) is 15.8. The van der Waals surface area contributed by atoms with Crippen molar-refractivity contribution in [2.24, 2.45) is 5.92 Å². The molecule has 0 aliphatic carbocycles. The Morgan fingerprint density at radius 2 is 1.67 bits per heavy atom. The molecule has 0 saturated carbocycles. The molecule has 33 heavy (non-hydrogen) atoms. The van der Waals surface area contributed by atoms with E-state index in [-0.39, 0.29) is 18.8 Å². The van der Waals surface area contributed by atoms with Gasteiger partial charge in [0.1, 0.15) is 0 Å². The van der Waals surface area contributed by atoms with E-state index in [9.17, 15) is 19.7 Å². The van der Waals surface area contributed by atoms with Gasteiger partial charge in [0.15, 0.2) is 11.2 Å². The number of hydrogen-bond donors (Lipinski definition) is 0. The number of hydrogen-bond acceptors (Lipinski definition) is 5. The van der Waals surface area contributed by atoms with E-state index in [2.05, 4.69) is 18.8 Å². The average molecular weight is 447 g/mol. The van der Waals surface area contributed by atoms with E-state index in [0.717, 1.165) is 16.6 Å². The molecule has 0 saturated heterocycles. The Labute approximate surface area is 189 Å². The Hall–Kier alpha value is -4.01. The summed E-state index contributed by atoms with van der Waals surface area (Å²) in [5.74, 6) is 0.435. The normalized spacial score (nSPS) is 11.4. The summed E-state index contributed by atoms with van der Waals surface area (Å²) in [7, 11) is 0. The lowest BCUT2D eigenvalue weighted by atomic mass is 10.1. The first-order valence-corrected chi connectivity index (χ1v) is 10.8. The molecule has 4 aromatic rings. The molecule has 2 aromatic heterocycles. The zero-order valence-corrected chi connectivity index (χ0v) is 18.5. The van der Waals surface area contributed by atoms with Crippen LogP contribution in [-0.4, -0.2) is 23.6 Å². The summed E-state index contributed by atoms with van der Waals surface area (Å²) in [6.07, 6.45) is 2.46. The van der Waals surface area contributed by atoms with Crippen molar-refractivity contribution in [2.45, 2.75) is 39.9 Å². The second-order valence-electron chi connectivity index (χ2n) is 8.47. The summed E-state index contributed by atoms with van der Waals surface area (Å²) in [5, 5.41) is 11.2. The molecule has 9 heteroatoms. The maximum Gasteiger partial charge on any atom is 0.333 e. The quantitative estimate of drug-likeness (QED) is 0.304. The maximum atomic E-state index is 13.5. The van der Waals surface area contributed by atoms with Crippen LogP contribution in [0.25, 0.3) is 11.2 Å². The third kappa shape index (κ3) is 4.62. The molecule has 170 valence electrons. The molecular formula is C24H25N5O4. The van der Waals surface area contributed by atoms with Gasteiger partial charge < -0.3 is 4.57 Å². The molecule has 0 aliphatic rings. The number of aromatic nitrogens is 4. The van der Waals surface area contributed by atoms with Crippen molar-refractivity contribution in [1.82, 2.24) is 18.7 Å². The van der Waals surface area contributed by atoms with Crippen LogP contribution >= 0.6 is 0 Å². The van der Waals surface area contributed by atoms with E-state index in [4.69, 9.17) is 0 Å². The van der Waals surface area contributed by atoms with Gasteiger partial charge >= 0.3 is 5.69 Å². The number of aryl methyl sites for hydroxylation is 1. The topological polar surface area (TPSA) is 105 Å². The van der Waals surface area contributed by atoms with Crippen molar-refractivity contribution in [2.75, 3.05) is 0 Å². The van der Waals surface area contributed by atoms with E-state index in [1.165, 1.54) is 16.7 Å². The number of nitro groups is 1. The zero-order chi connectivity index (χ0) is 23.5. The molecule has 2 aromatic carbocycles. The first-order valence-electron chi connectivity index (χ1n) is 10.8. The minimum absolute atomic E-state index is 0.0700. The highest BCUT2D eigenvalue weighted by molar-refractivity contribution is 5.70. The zero-order valence-electron chi connectivity index (χ0n) is 18.5. The molecule has 4 rings (SSSR count). The van der Waals surface area contributed by atoms with Crippen LogP contribution in [0.5, 0.6) is 0 Å². The molecule has 0 amide bonds. The lowest BCUT2D eigenvalue weighted by molar-refractivity contribution is -0.384. The molecule has 0 fully saturated rings. The summed E-state index contributed by atoms with van der Waals surface area (Å²) >= 11 is 0. The van der Waals surface area contributed by atoms with Crippen molar-refractivity contribution in [3.05, 3.63) is 103 Å². The minimum atomic E-state index is -0.503. The van der Waals surface area contributed by atoms with Crippen LogP contribution < -0.4 is 11.2 Å². The molecule has 0 spiro atoms. The largest absolute Gasteiger partial charge is 0.333 e. The van der Waals surface area contributed by atoms with Gasteiger partial charge in [-0.1, -0.05) is 56.3 Å². The lowest BCUT2D eigenvalue weighted by Crippen LogP contribution is -2.41. The number of rotatable bonds is 8. The highest BCUT2D eigenvalue weighted by atomic mass is 16.6. The van der Waals surface area contributed by atoms with Gasteiger partial charge in [-0.05, 0) is 23.5 Å². The summed E-state index contributed by atoms with van der Waals surface area (Å²) in [4.78, 5) is 42.0. The van der Waals surface area contributed by atoms with Gasteiger partial charge in [0.25, 0.3) is 11.2 Å². The fourth-order valence-corrected chi connectivity index (χ4v) is 3.80. The predicted molar refractivity (Wildman–Crippen MR) is 125 cm³/mol. The van der Waals surface area contributed by atoms with E-state index in [1.807, 2.05) is 30.3 Å². The molecular weight excluding hydrogens is 422 g/mol. The van der Waals surface area contributed by atoms with Crippen molar-refractivity contribution in [1.29, 1.82) is 0 Å². The Morgan fingerprint density at radius 3 is 2.36 bits per heavy atom. The number of fused-ring (bicyclic) bond motifs is 1. The standard InChI is InChI=1S/C24H25N5O4/c1-17(2)11-12-26-16-25-22-21(26)23(30)28(15-19-9-6-10-20(13-19)29(32)33)24(31)27(22)14-18-7-4-3-5-8-18/h3-10,13,16-17H,11-12,14-15H2,1-2H3. The molecule has 0 radical (unpaired) electrons. The maximum absolute atomic E-state index is 13.5. The van der Waals surface area contributed by atoms with Crippen molar-refractivity contribution >= 4 is 16.9 Å². The van der Waals surface area contributed by atoms with Crippen LogP contribution in [-0.2, 0) is 19.6 Å². The number of non-ortho nitro benzene ring substituents is 1. The summed E-state index contributed by atoms with van der Waals surface area (Å²) in [5.41, 5.74) is 1.06. The van der Waals surface area contributed by atoms with E-state index < -0.39 is 16.2 Å². The van der Waals surface area contributed by atoms with E-state index in [0.29, 0.717) is 29.2 Å². The molecule has 0 atom stereocenters. The van der Waals surface area contributed by atoms with Crippen molar-refractivity contribution in [3.63, 3.8) is 0 Å². The summed E-state index contributed by atoms with van der Waals surface area (Å²) < 4.78 is 4.43. The SMILES string of the molecule is CC(C)CCn1cnc2c1c(=O)n(Cc1cccc([N+](=O)[O-])c1)c(=O)n2Cc1ccccc1. The van der Waals surface area contributed by atoms with Gasteiger partial charge in [-0.25, -0.2) is 9.78 Å². The van der Waals surface area contributed by atoms with Gasteiger partial charge in [0.05, 0.1) is 24.3 Å². The van der Waals surface area contributed by atoms with Gasteiger partial charge in [-0.3, -0.25) is 24.0 Å². The third-order valence-electron chi connectivity index (χ3n) is 5.58. The number of nitro benzene ring substituents is 1. The van der Waals surface area contributed by atoms with Crippen LogP contribution in [0.3, 0.4) is 0 Å². The van der Waals surface area contributed by atoms with Crippen LogP contribution in [0.2, 0.25) is 0 Å². The number of benzene rings is 2. The van der Waals surface area contributed by atoms with Crippen LogP contribution in [0.1, 0.15) is 31.4 Å². The Kier molecular flexibility index (Phi) is 6.21. The minimum Gasteiger partial charge on any atom is -0.325 e. The second kappa shape index (κ2) is 9.23. The highest BCUT2D eigenvalue weighted by Gasteiger charge is 2.19. The van der Waals surface area contributed by atoms with Crippen molar-refractivity contribution < 1.29 is 4.92 Å². The lowest BCUT2D eigenvalue weighted by Gasteiger charge is -2.13. The Balaban J connectivity index is 1.88. The monoisotopic (exact) mass is 447 g/mol. The van der Waals surface area contributed by atoms with Crippen LogP contribution in [0.4, 0.5) is 5.69 Å². The predicted octanol–water partition coefficient (Wildman–Crippen LogP) is 3.41. The van der Waals surface area contributed by atoms with E-state index in [1.54, 1.807) is 23.0 Å². The van der Waals surface area contributed by atoms with Gasteiger partial charge in [0.2, 0.25) is 0 Å². The van der Waals surface area contributed by atoms with Gasteiger partial charge in [0, 0.05) is 18.7 Å². The number of nitrogens with zero attached hydrogens (tertiary/aromatic N) is 5. The smallest absolute Gasteiger partial charge is 0.325 e. The molecule has 9 nitrogen and oxygen atoms in total. The fourth-order valence-electron chi connectivity index (χ4n) is 3.80. The van der Waals surface area contributed by atoms with Gasteiger partial charge in [-0.2, -0.15) is 0 Å².